The van der Waals surface area contributed by atoms with Crippen molar-refractivity contribution < 1.29 is 9.13 Å². The molecule has 0 aromatic heterocycles. The molecule has 2 aromatic rings. The van der Waals surface area contributed by atoms with Gasteiger partial charge < -0.3 is 9.64 Å². The van der Waals surface area contributed by atoms with Crippen LogP contribution in [0.2, 0.25) is 0 Å². The van der Waals surface area contributed by atoms with E-state index in [2.05, 4.69) is 43.9 Å². The van der Waals surface area contributed by atoms with E-state index in [0.29, 0.717) is 11.5 Å². The molecule has 0 spiro atoms. The van der Waals surface area contributed by atoms with Gasteiger partial charge in [-0.05, 0) is 119 Å². The topological polar surface area (TPSA) is 12.5 Å². The maximum absolute atomic E-state index is 12.6. The van der Waals surface area contributed by atoms with Crippen molar-refractivity contribution in [2.75, 3.05) is 33.4 Å². The summed E-state index contributed by atoms with van der Waals surface area (Å²) in [4.78, 5) is 2.66. The highest BCUT2D eigenvalue weighted by molar-refractivity contribution is 5.34. The number of halogens is 1. The molecule has 1 heterocycles. The van der Waals surface area contributed by atoms with Gasteiger partial charge in [-0.15, -0.1) is 0 Å². The van der Waals surface area contributed by atoms with Crippen molar-refractivity contribution in [1.29, 1.82) is 0 Å². The van der Waals surface area contributed by atoms with Gasteiger partial charge >= 0.3 is 0 Å². The highest BCUT2D eigenvalue weighted by atomic mass is 19.1. The third-order valence-electron chi connectivity index (χ3n) is 7.13. The second kappa shape index (κ2) is 18.5. The van der Waals surface area contributed by atoms with E-state index in [1.807, 2.05) is 26.8 Å². The number of aryl methyl sites for hydroxylation is 4. The fourth-order valence-electron chi connectivity index (χ4n) is 4.99. The molecule has 2 atom stereocenters. The average molecular weight is 500 g/mol. The fourth-order valence-corrected chi connectivity index (χ4v) is 4.99. The van der Waals surface area contributed by atoms with Crippen LogP contribution in [0.1, 0.15) is 100.0 Å². The van der Waals surface area contributed by atoms with Crippen molar-refractivity contribution in [3.05, 3.63) is 70.0 Å². The van der Waals surface area contributed by atoms with Crippen molar-refractivity contribution in [1.82, 2.24) is 4.90 Å². The second-order valence-corrected chi connectivity index (χ2v) is 10.3. The summed E-state index contributed by atoms with van der Waals surface area (Å²) < 4.78 is 17.8. The van der Waals surface area contributed by atoms with Crippen molar-refractivity contribution >= 4 is 0 Å². The van der Waals surface area contributed by atoms with Crippen LogP contribution >= 0.6 is 0 Å². The van der Waals surface area contributed by atoms with Crippen LogP contribution in [0.3, 0.4) is 0 Å². The molecular weight excluding hydrogens is 445 g/mol. The van der Waals surface area contributed by atoms with Crippen LogP contribution < -0.4 is 0 Å². The molecule has 204 valence electrons. The summed E-state index contributed by atoms with van der Waals surface area (Å²) >= 11 is 0. The Hall–Kier alpha value is -1.71. The van der Waals surface area contributed by atoms with Crippen LogP contribution in [0.15, 0.2) is 36.4 Å². The van der Waals surface area contributed by atoms with E-state index < -0.39 is 0 Å². The monoisotopic (exact) mass is 499 g/mol. The van der Waals surface area contributed by atoms with Gasteiger partial charge in [-0.25, -0.2) is 4.39 Å². The molecule has 1 saturated heterocycles. The maximum atomic E-state index is 12.6. The van der Waals surface area contributed by atoms with Gasteiger partial charge in [0.15, 0.2) is 0 Å². The Morgan fingerprint density at radius 3 is 2.17 bits per heavy atom. The minimum absolute atomic E-state index is 0.116. The third kappa shape index (κ3) is 12.0. The lowest BCUT2D eigenvalue weighted by Crippen LogP contribution is -2.25. The number of nitrogens with zero attached hydrogens (tertiary/aromatic N) is 1. The van der Waals surface area contributed by atoms with Gasteiger partial charge in [0.2, 0.25) is 0 Å². The summed E-state index contributed by atoms with van der Waals surface area (Å²) in [5.41, 5.74) is 6.22. The number of ether oxygens (including phenoxy) is 1. The first kappa shape index (κ1) is 32.3. The lowest BCUT2D eigenvalue weighted by molar-refractivity contribution is 0.195. The molecule has 3 heteroatoms. The molecular formula is C33H54FNO. The van der Waals surface area contributed by atoms with Gasteiger partial charge in [0.25, 0.3) is 0 Å². The molecule has 0 N–H and O–H groups in total. The molecule has 0 amide bonds. The Morgan fingerprint density at radius 2 is 1.58 bits per heavy atom. The van der Waals surface area contributed by atoms with Crippen LogP contribution in [0.25, 0.3) is 0 Å². The standard InChI is InChI=1S/C23H39NO.C8H9F.C2H6/c1-5-21(12-11-20(3)18-24-14-6-7-15-24)23-17-19(2)10-13-22(23)9-8-16-25-4;1-6-3-4-7(2)8(9)5-6;1-2/h10,13,17,20-21H,5-9,11-12,14-16,18H2,1-4H3;3-5H,1-2H3;1-2H3. The summed E-state index contributed by atoms with van der Waals surface area (Å²) in [7, 11) is 1.80. The highest BCUT2D eigenvalue weighted by Gasteiger charge is 2.18. The molecule has 1 aliphatic heterocycles. The Labute approximate surface area is 222 Å². The number of likely N-dealkylation sites (tertiary alicyclic amines) is 1. The molecule has 3 rings (SSSR count). The van der Waals surface area contributed by atoms with E-state index in [1.54, 1.807) is 31.2 Å². The summed E-state index contributed by atoms with van der Waals surface area (Å²) in [6.07, 6.45) is 8.98. The smallest absolute Gasteiger partial charge is 0.126 e. The normalized spacial score (nSPS) is 14.9. The Kier molecular flexibility index (Phi) is 16.6. The SMILES string of the molecule is CC.CCC(CCC(C)CN1CCCC1)c1cc(C)ccc1CCCOC.Cc1ccc(C)c(F)c1. The lowest BCUT2D eigenvalue weighted by Gasteiger charge is -2.24. The highest BCUT2D eigenvalue weighted by Crippen LogP contribution is 2.31. The molecule has 1 aliphatic rings. The molecule has 0 radical (unpaired) electrons. The molecule has 36 heavy (non-hydrogen) atoms. The van der Waals surface area contributed by atoms with Crippen LogP contribution in [0, 0.1) is 32.5 Å². The van der Waals surface area contributed by atoms with E-state index in [1.165, 1.54) is 63.4 Å². The van der Waals surface area contributed by atoms with E-state index >= 15 is 0 Å². The Balaban J connectivity index is 0.000000491. The summed E-state index contributed by atoms with van der Waals surface area (Å²) in [6.45, 7) is 19.5. The summed E-state index contributed by atoms with van der Waals surface area (Å²) in [6, 6.07) is 12.3. The number of hydrogen-bond donors (Lipinski definition) is 0. The predicted octanol–water partition coefficient (Wildman–Crippen LogP) is 9.05. The first-order valence-corrected chi connectivity index (χ1v) is 14.4. The van der Waals surface area contributed by atoms with Gasteiger partial charge in [-0.3, -0.25) is 0 Å². The predicted molar refractivity (Wildman–Crippen MR) is 156 cm³/mol. The fraction of sp³-hybridized carbons (Fsp3) is 0.636. The van der Waals surface area contributed by atoms with Crippen LogP contribution in [0.5, 0.6) is 0 Å². The molecule has 0 bridgehead atoms. The quantitative estimate of drug-likeness (QED) is 0.286. The molecule has 0 aliphatic carbocycles. The van der Waals surface area contributed by atoms with E-state index in [0.717, 1.165) is 30.9 Å². The average Bonchev–Trinajstić information content (AvgIpc) is 3.38. The molecule has 2 aromatic carbocycles. The minimum atomic E-state index is -0.116. The van der Waals surface area contributed by atoms with Gasteiger partial charge in [0.1, 0.15) is 5.82 Å². The van der Waals surface area contributed by atoms with Gasteiger partial charge in [-0.1, -0.05) is 63.6 Å². The van der Waals surface area contributed by atoms with Crippen molar-refractivity contribution in [3.63, 3.8) is 0 Å². The Morgan fingerprint density at radius 1 is 0.944 bits per heavy atom. The zero-order valence-electron chi connectivity index (χ0n) is 24.6. The van der Waals surface area contributed by atoms with E-state index in [4.69, 9.17) is 4.74 Å². The zero-order valence-corrected chi connectivity index (χ0v) is 24.6. The zero-order chi connectivity index (χ0) is 26.9. The van der Waals surface area contributed by atoms with Crippen LogP contribution in [-0.2, 0) is 11.2 Å². The number of rotatable bonds is 11. The number of methoxy groups -OCH3 is 1. The largest absolute Gasteiger partial charge is 0.385 e. The Bertz CT molecular complexity index is 844. The summed E-state index contributed by atoms with van der Waals surface area (Å²) in [5, 5.41) is 0. The third-order valence-corrected chi connectivity index (χ3v) is 7.13. The van der Waals surface area contributed by atoms with E-state index in [-0.39, 0.29) is 5.82 Å². The first-order valence-electron chi connectivity index (χ1n) is 14.4. The van der Waals surface area contributed by atoms with Crippen LogP contribution in [-0.4, -0.2) is 38.3 Å². The first-order chi connectivity index (χ1) is 17.3. The molecule has 2 unspecified atom stereocenters. The van der Waals surface area contributed by atoms with Crippen molar-refractivity contribution in [2.24, 2.45) is 5.92 Å². The van der Waals surface area contributed by atoms with Gasteiger partial charge in [0.05, 0.1) is 0 Å². The number of benzene rings is 2. The summed E-state index contributed by atoms with van der Waals surface area (Å²) in [5.74, 6) is 1.40. The molecule has 2 nitrogen and oxygen atoms in total. The second-order valence-electron chi connectivity index (χ2n) is 10.3. The van der Waals surface area contributed by atoms with Gasteiger partial charge in [0, 0.05) is 20.3 Å². The van der Waals surface area contributed by atoms with Crippen molar-refractivity contribution in [2.45, 2.75) is 99.3 Å². The van der Waals surface area contributed by atoms with Crippen molar-refractivity contribution in [3.8, 4) is 0 Å². The minimum Gasteiger partial charge on any atom is -0.385 e. The molecule has 1 fully saturated rings. The molecule has 0 saturated carbocycles. The lowest BCUT2D eigenvalue weighted by atomic mass is 9.84. The maximum Gasteiger partial charge on any atom is 0.126 e. The van der Waals surface area contributed by atoms with E-state index in [9.17, 15) is 4.39 Å². The van der Waals surface area contributed by atoms with Crippen LogP contribution in [0.4, 0.5) is 4.39 Å². The van der Waals surface area contributed by atoms with Gasteiger partial charge in [-0.2, -0.15) is 0 Å². The number of hydrogen-bond acceptors (Lipinski definition) is 2.